The standard InChI is InChI=1S/C23H28N4O5/c28-21(26-10-8-25(9-11-26)17-4-2-1-3-5-17)18-13-24-23(30)27(22(18)29)14-16-6-7-19-20(12-16)32-15-31-19/h6-7,12-13,17H,1-5,8-11,14-15H2,(H,24,30). The second-order valence-electron chi connectivity index (χ2n) is 8.71. The Morgan fingerprint density at radius 2 is 1.75 bits per heavy atom. The third-order valence-electron chi connectivity index (χ3n) is 6.76. The molecular formula is C23H28N4O5. The second kappa shape index (κ2) is 8.82. The molecule has 1 saturated carbocycles. The number of nitrogens with one attached hydrogen (secondary N) is 1. The summed E-state index contributed by atoms with van der Waals surface area (Å²) in [6.45, 7) is 3.03. The number of ether oxygens (including phenoxy) is 2. The van der Waals surface area contributed by atoms with Crippen LogP contribution in [0, 0.1) is 0 Å². The van der Waals surface area contributed by atoms with Gasteiger partial charge in [-0.3, -0.25) is 19.1 Å². The van der Waals surface area contributed by atoms with E-state index in [4.69, 9.17) is 9.47 Å². The van der Waals surface area contributed by atoms with Crippen molar-refractivity contribution in [3.63, 3.8) is 0 Å². The zero-order chi connectivity index (χ0) is 22.1. The first-order valence-corrected chi connectivity index (χ1v) is 11.3. The molecule has 1 amide bonds. The molecule has 1 saturated heterocycles. The van der Waals surface area contributed by atoms with E-state index in [2.05, 4.69) is 9.88 Å². The van der Waals surface area contributed by atoms with E-state index in [1.54, 1.807) is 23.1 Å². The minimum atomic E-state index is -0.578. The Labute approximate surface area is 185 Å². The van der Waals surface area contributed by atoms with Gasteiger partial charge in [0.15, 0.2) is 11.5 Å². The molecule has 2 aliphatic heterocycles. The molecule has 1 aromatic heterocycles. The number of amides is 1. The number of benzene rings is 1. The van der Waals surface area contributed by atoms with Crippen molar-refractivity contribution in [2.24, 2.45) is 0 Å². The molecule has 170 valence electrons. The first-order chi connectivity index (χ1) is 15.6. The van der Waals surface area contributed by atoms with Gasteiger partial charge in [-0.1, -0.05) is 25.3 Å². The quantitative estimate of drug-likeness (QED) is 0.772. The summed E-state index contributed by atoms with van der Waals surface area (Å²) in [6, 6.07) is 5.89. The molecular weight excluding hydrogens is 412 g/mol. The number of H-pyrrole nitrogens is 1. The summed E-state index contributed by atoms with van der Waals surface area (Å²) >= 11 is 0. The van der Waals surface area contributed by atoms with Crippen molar-refractivity contribution in [3.8, 4) is 11.5 Å². The molecule has 2 fully saturated rings. The molecule has 32 heavy (non-hydrogen) atoms. The lowest BCUT2D eigenvalue weighted by Crippen LogP contribution is -2.53. The Morgan fingerprint density at radius 1 is 1.00 bits per heavy atom. The van der Waals surface area contributed by atoms with E-state index in [0.717, 1.165) is 17.7 Å². The summed E-state index contributed by atoms with van der Waals surface area (Å²) in [7, 11) is 0. The van der Waals surface area contributed by atoms with Gasteiger partial charge in [0.05, 0.1) is 6.54 Å². The van der Waals surface area contributed by atoms with Gasteiger partial charge in [-0.25, -0.2) is 4.79 Å². The first kappa shape index (κ1) is 20.8. The average Bonchev–Trinajstić information content (AvgIpc) is 3.30. The van der Waals surface area contributed by atoms with Gasteiger partial charge in [0.1, 0.15) is 5.56 Å². The smallest absolute Gasteiger partial charge is 0.328 e. The predicted molar refractivity (Wildman–Crippen MR) is 117 cm³/mol. The summed E-state index contributed by atoms with van der Waals surface area (Å²) in [4.78, 5) is 45.3. The molecule has 2 aromatic rings. The maximum Gasteiger partial charge on any atom is 0.328 e. The van der Waals surface area contributed by atoms with Crippen LogP contribution in [0.15, 0.2) is 34.0 Å². The van der Waals surface area contributed by atoms with Crippen LogP contribution >= 0.6 is 0 Å². The monoisotopic (exact) mass is 440 g/mol. The van der Waals surface area contributed by atoms with E-state index in [1.807, 2.05) is 0 Å². The van der Waals surface area contributed by atoms with E-state index in [-0.39, 0.29) is 24.8 Å². The van der Waals surface area contributed by atoms with Gasteiger partial charge < -0.3 is 19.4 Å². The van der Waals surface area contributed by atoms with Crippen molar-refractivity contribution in [2.45, 2.75) is 44.7 Å². The van der Waals surface area contributed by atoms with Crippen molar-refractivity contribution in [2.75, 3.05) is 33.0 Å². The van der Waals surface area contributed by atoms with Crippen LogP contribution in [-0.4, -0.2) is 64.3 Å². The van der Waals surface area contributed by atoms with Crippen LogP contribution < -0.4 is 20.7 Å². The molecule has 3 aliphatic rings. The van der Waals surface area contributed by atoms with E-state index >= 15 is 0 Å². The maximum atomic E-state index is 13.1. The molecule has 9 heteroatoms. The maximum absolute atomic E-state index is 13.1. The van der Waals surface area contributed by atoms with E-state index < -0.39 is 11.2 Å². The zero-order valence-electron chi connectivity index (χ0n) is 18.0. The summed E-state index contributed by atoms with van der Waals surface area (Å²) in [5.41, 5.74) is -0.415. The van der Waals surface area contributed by atoms with Crippen LogP contribution in [0.1, 0.15) is 48.0 Å². The van der Waals surface area contributed by atoms with Crippen LogP contribution in [0.3, 0.4) is 0 Å². The molecule has 9 nitrogen and oxygen atoms in total. The van der Waals surface area contributed by atoms with Crippen LogP contribution in [-0.2, 0) is 6.54 Å². The molecule has 5 rings (SSSR count). The number of piperazine rings is 1. The summed E-state index contributed by atoms with van der Waals surface area (Å²) in [5, 5.41) is 0. The lowest BCUT2D eigenvalue weighted by Gasteiger charge is -2.40. The van der Waals surface area contributed by atoms with Gasteiger partial charge in [0.2, 0.25) is 6.79 Å². The van der Waals surface area contributed by atoms with Gasteiger partial charge in [-0.05, 0) is 30.5 Å². The zero-order valence-corrected chi connectivity index (χ0v) is 18.0. The lowest BCUT2D eigenvalue weighted by molar-refractivity contribution is 0.0520. The fraction of sp³-hybridized carbons (Fsp3) is 0.522. The van der Waals surface area contributed by atoms with Crippen LogP contribution in [0.5, 0.6) is 11.5 Å². The Bertz CT molecular complexity index is 1110. The third kappa shape index (κ3) is 4.04. The van der Waals surface area contributed by atoms with Gasteiger partial charge in [-0.2, -0.15) is 0 Å². The van der Waals surface area contributed by atoms with Crippen LogP contribution in [0.25, 0.3) is 0 Å². The molecule has 3 heterocycles. The summed E-state index contributed by atoms with van der Waals surface area (Å²) in [5.74, 6) is 0.885. The molecule has 0 atom stereocenters. The fourth-order valence-corrected chi connectivity index (χ4v) is 4.94. The third-order valence-corrected chi connectivity index (χ3v) is 6.76. The molecule has 1 N–H and O–H groups in total. The van der Waals surface area contributed by atoms with Crippen molar-refractivity contribution in [3.05, 3.63) is 56.4 Å². The van der Waals surface area contributed by atoms with E-state index in [0.29, 0.717) is 36.2 Å². The van der Waals surface area contributed by atoms with E-state index in [1.165, 1.54) is 38.3 Å². The topological polar surface area (TPSA) is 96.9 Å². The highest BCUT2D eigenvalue weighted by atomic mass is 16.7. The number of hydrogen-bond acceptors (Lipinski definition) is 6. The van der Waals surface area contributed by atoms with Crippen LogP contribution in [0.4, 0.5) is 0 Å². The highest BCUT2D eigenvalue weighted by Crippen LogP contribution is 2.32. The summed E-state index contributed by atoms with van der Waals surface area (Å²) in [6.07, 6.45) is 7.60. The Balaban J connectivity index is 1.30. The number of carbonyl (C=O) groups is 1. The largest absolute Gasteiger partial charge is 0.454 e. The molecule has 0 spiro atoms. The van der Waals surface area contributed by atoms with Crippen molar-refractivity contribution < 1.29 is 14.3 Å². The fourth-order valence-electron chi connectivity index (χ4n) is 4.94. The van der Waals surface area contributed by atoms with E-state index in [9.17, 15) is 14.4 Å². The Kier molecular flexibility index (Phi) is 5.73. The van der Waals surface area contributed by atoms with Gasteiger partial charge >= 0.3 is 5.69 Å². The summed E-state index contributed by atoms with van der Waals surface area (Å²) < 4.78 is 11.7. The molecule has 0 unspecified atom stereocenters. The minimum Gasteiger partial charge on any atom is -0.454 e. The average molecular weight is 441 g/mol. The number of nitrogens with zero attached hydrogens (tertiary/aromatic N) is 3. The number of aromatic amines is 1. The molecule has 1 aromatic carbocycles. The molecule has 0 radical (unpaired) electrons. The van der Waals surface area contributed by atoms with Gasteiger partial charge in [0, 0.05) is 38.4 Å². The Morgan fingerprint density at radius 3 is 2.53 bits per heavy atom. The number of rotatable bonds is 4. The normalized spacial score (nSPS) is 19.3. The van der Waals surface area contributed by atoms with Crippen molar-refractivity contribution in [1.29, 1.82) is 0 Å². The van der Waals surface area contributed by atoms with Crippen molar-refractivity contribution >= 4 is 5.91 Å². The number of aromatic nitrogens is 2. The highest BCUT2D eigenvalue weighted by Gasteiger charge is 2.29. The lowest BCUT2D eigenvalue weighted by atomic mass is 9.94. The second-order valence-corrected chi connectivity index (χ2v) is 8.71. The SMILES string of the molecule is O=C(c1c[nH]c(=O)n(Cc2ccc3c(c2)OCO3)c1=O)N1CCN(C2CCCCC2)CC1. The van der Waals surface area contributed by atoms with Crippen molar-refractivity contribution in [1.82, 2.24) is 19.4 Å². The number of carbonyl (C=O) groups excluding carboxylic acids is 1. The van der Waals surface area contributed by atoms with Gasteiger partial charge in [-0.15, -0.1) is 0 Å². The van der Waals surface area contributed by atoms with Crippen LogP contribution in [0.2, 0.25) is 0 Å². The highest BCUT2D eigenvalue weighted by molar-refractivity contribution is 5.93. The first-order valence-electron chi connectivity index (χ1n) is 11.3. The number of fused-ring (bicyclic) bond motifs is 1. The number of hydrogen-bond donors (Lipinski definition) is 1. The predicted octanol–water partition coefficient (Wildman–Crippen LogP) is 1.40. The molecule has 1 aliphatic carbocycles. The van der Waals surface area contributed by atoms with Gasteiger partial charge in [0.25, 0.3) is 11.5 Å². The minimum absolute atomic E-state index is 0.00328. The Hall–Kier alpha value is -3.07. The molecule has 0 bridgehead atoms.